The summed E-state index contributed by atoms with van der Waals surface area (Å²) in [4.78, 5) is 0. The van der Waals surface area contributed by atoms with E-state index in [1.54, 1.807) is 0 Å². The zero-order chi connectivity index (χ0) is 12.9. The minimum Gasteiger partial charge on any atom is -0.214 e. The molecule has 3 heteroatoms. The largest absolute Gasteiger partial charge is 0.214 e. The molecule has 3 rings (SSSR count). The number of benzene rings is 1. The van der Waals surface area contributed by atoms with Crippen molar-refractivity contribution in [3.8, 4) is 0 Å². The Morgan fingerprint density at radius 1 is 0.684 bits per heavy atom. The van der Waals surface area contributed by atoms with Crippen molar-refractivity contribution in [1.82, 2.24) is 0 Å². The van der Waals surface area contributed by atoms with E-state index in [-0.39, 0.29) is 31.6 Å². The molecule has 2 radical (unpaired) electrons. The molecule has 0 N–H and O–H groups in total. The average molecular weight is 371 g/mol. The van der Waals surface area contributed by atoms with E-state index in [4.69, 9.17) is 10.0 Å². The monoisotopic (exact) mass is 372 g/mol. The van der Waals surface area contributed by atoms with E-state index in [9.17, 15) is 0 Å². The van der Waals surface area contributed by atoms with Crippen molar-refractivity contribution in [3.63, 3.8) is 0 Å². The molecule has 0 saturated heterocycles. The van der Waals surface area contributed by atoms with Crippen LogP contribution in [0, 0.1) is 0 Å². The van der Waals surface area contributed by atoms with Gasteiger partial charge in [0.2, 0.25) is 0 Å². The normalized spacial score (nSPS) is 8.05. The maximum Gasteiger partial charge on any atom is 0 e. The van der Waals surface area contributed by atoms with Crippen molar-refractivity contribution in [3.05, 3.63) is 91.0 Å². The molecule has 0 aliphatic rings. The van der Waals surface area contributed by atoms with Crippen molar-refractivity contribution < 1.29 is 17.1 Å². The Hall–Kier alpha value is -0.728. The molecule has 0 atom stereocenters. The second-order valence-electron chi connectivity index (χ2n) is 3.39. The first kappa shape index (κ1) is 18.3. The Morgan fingerprint density at radius 3 is 1.32 bits per heavy atom. The van der Waals surface area contributed by atoms with Crippen LogP contribution in [0.5, 0.6) is 0 Å². The number of hydrogen-bond donors (Lipinski definition) is 0. The number of rotatable bonds is 1. The van der Waals surface area contributed by atoms with Gasteiger partial charge in [-0.05, 0) is 0 Å². The summed E-state index contributed by atoms with van der Waals surface area (Å²) >= 11 is -0.332. The summed E-state index contributed by atoms with van der Waals surface area (Å²) in [5.41, 5.74) is 0. The Kier molecular flexibility index (Phi) is 13.2. The Morgan fingerprint density at radius 2 is 1.11 bits per heavy atom. The first-order valence-electron chi connectivity index (χ1n) is 5.68. The van der Waals surface area contributed by atoms with Crippen LogP contribution in [0.3, 0.4) is 0 Å². The summed E-state index contributed by atoms with van der Waals surface area (Å²) in [5, 5.41) is 0. The summed E-state index contributed by atoms with van der Waals surface area (Å²) in [6.45, 7) is 0. The predicted octanol–water partition coefficient (Wildman–Crippen LogP) is 3.98. The number of halogens is 1. The fraction of sp³-hybridized carbons (Fsp3) is 0. The average Bonchev–Trinajstić information content (AvgIpc) is 3.17. The van der Waals surface area contributed by atoms with Crippen molar-refractivity contribution in [2.24, 2.45) is 0 Å². The molecular weight excluding hydrogens is 356 g/mol. The molecule has 0 aliphatic heterocycles. The Labute approximate surface area is 136 Å². The van der Waals surface area contributed by atoms with Gasteiger partial charge in [-0.2, -0.15) is 36.4 Å². The van der Waals surface area contributed by atoms with Crippen molar-refractivity contribution in [2.75, 3.05) is 0 Å². The van der Waals surface area contributed by atoms with Crippen LogP contribution in [0.2, 0.25) is 0 Å². The fourth-order valence-electron chi connectivity index (χ4n) is 1.14. The quantitative estimate of drug-likeness (QED) is 0.449. The maximum atomic E-state index is 5.65. The van der Waals surface area contributed by atoms with Crippen LogP contribution in [0.25, 0.3) is 0 Å². The van der Waals surface area contributed by atoms with Gasteiger partial charge in [-0.1, -0.05) is 0 Å². The molecule has 0 nitrogen and oxygen atoms in total. The smallest absolute Gasteiger partial charge is 0 e. The van der Waals surface area contributed by atoms with Crippen molar-refractivity contribution in [2.45, 2.75) is 0 Å². The van der Waals surface area contributed by atoms with Crippen LogP contribution in [-0.2, 0) is 17.1 Å². The van der Waals surface area contributed by atoms with Gasteiger partial charge in [0.05, 0.1) is 0 Å². The van der Waals surface area contributed by atoms with Crippen LogP contribution in [0.4, 0.5) is 0 Å². The number of hydrogen-bond acceptors (Lipinski definition) is 0. The van der Waals surface area contributed by atoms with Gasteiger partial charge in [-0.3, -0.25) is 0 Å². The van der Waals surface area contributed by atoms with Gasteiger partial charge in [0.25, 0.3) is 0 Å². The second kappa shape index (κ2) is 13.7. The molecule has 0 saturated carbocycles. The van der Waals surface area contributed by atoms with E-state index in [0.29, 0.717) is 0 Å². The molecule has 0 aromatic heterocycles. The SMILES string of the molecule is [Cl][Ge][c]1ccccc1.[Fe].c1cc[cH-]c1.c1cc[cH-]c1. The van der Waals surface area contributed by atoms with E-state index in [0.717, 1.165) is 0 Å². The molecule has 0 fully saturated rings. The Bertz CT molecular complexity index is 388. The Balaban J connectivity index is 0.000000259. The third-order valence-electron chi connectivity index (χ3n) is 1.99. The molecule has 3 aromatic carbocycles. The molecule has 100 valence electrons. The van der Waals surface area contributed by atoms with Crippen molar-refractivity contribution >= 4 is 28.9 Å². The standard InChI is InChI=1S/C6H5ClGe.2C5H5.Fe/c7-8-6-4-2-1-3-5-6;2*1-2-4-5-3-1;/h1-5H;2*1-5H;/q;2*-1;. The molecule has 0 aliphatic carbocycles. The van der Waals surface area contributed by atoms with Gasteiger partial charge in [-0.15, -0.1) is 0 Å². The molecule has 0 heterocycles. The summed E-state index contributed by atoms with van der Waals surface area (Å²) < 4.78 is 1.30. The fourth-order valence-corrected chi connectivity index (χ4v) is 2.47. The molecule has 0 unspecified atom stereocenters. The van der Waals surface area contributed by atoms with Gasteiger partial charge in [0, 0.05) is 17.1 Å². The van der Waals surface area contributed by atoms with Crippen LogP contribution < -0.4 is 4.40 Å². The van der Waals surface area contributed by atoms with Gasteiger partial charge < -0.3 is 0 Å². The van der Waals surface area contributed by atoms with E-state index >= 15 is 0 Å². The van der Waals surface area contributed by atoms with Crippen LogP contribution >= 0.6 is 10.0 Å². The molecule has 3 aromatic rings. The zero-order valence-electron chi connectivity index (χ0n) is 10.4. The third-order valence-corrected chi connectivity index (χ3v) is 4.29. The van der Waals surface area contributed by atoms with E-state index in [2.05, 4.69) is 12.1 Å². The van der Waals surface area contributed by atoms with Gasteiger partial charge in [-0.25, -0.2) is 24.3 Å². The van der Waals surface area contributed by atoms with Gasteiger partial charge >= 0.3 is 59.2 Å². The summed E-state index contributed by atoms with van der Waals surface area (Å²) in [7, 11) is 5.65. The molecular formula is C16H15ClFeGe-2. The zero-order valence-corrected chi connectivity index (χ0v) is 14.3. The first-order chi connectivity index (χ1) is 8.93. The summed E-state index contributed by atoms with van der Waals surface area (Å²) in [5.74, 6) is 0. The van der Waals surface area contributed by atoms with E-state index in [1.165, 1.54) is 4.40 Å². The van der Waals surface area contributed by atoms with Crippen LogP contribution in [0.15, 0.2) is 91.0 Å². The molecule has 0 amide bonds. The molecule has 19 heavy (non-hydrogen) atoms. The second-order valence-corrected chi connectivity index (χ2v) is 5.97. The summed E-state index contributed by atoms with van der Waals surface area (Å²) in [6, 6.07) is 30.2. The van der Waals surface area contributed by atoms with E-state index < -0.39 is 0 Å². The van der Waals surface area contributed by atoms with E-state index in [1.807, 2.05) is 78.9 Å². The first-order valence-corrected chi connectivity index (χ1v) is 9.49. The predicted molar refractivity (Wildman–Crippen MR) is 81.8 cm³/mol. The third kappa shape index (κ3) is 10.8. The summed E-state index contributed by atoms with van der Waals surface area (Å²) in [6.07, 6.45) is 0. The minimum absolute atomic E-state index is 0. The van der Waals surface area contributed by atoms with Crippen LogP contribution in [0.1, 0.15) is 0 Å². The van der Waals surface area contributed by atoms with Gasteiger partial charge in [0.1, 0.15) is 0 Å². The van der Waals surface area contributed by atoms with Crippen molar-refractivity contribution in [1.29, 1.82) is 0 Å². The molecule has 0 bridgehead atoms. The minimum atomic E-state index is -0.332. The topological polar surface area (TPSA) is 0 Å². The maximum absolute atomic E-state index is 5.65. The van der Waals surface area contributed by atoms with Crippen LogP contribution in [-0.4, -0.2) is 14.5 Å². The van der Waals surface area contributed by atoms with Gasteiger partial charge in [0.15, 0.2) is 0 Å². The molecule has 0 spiro atoms.